The largest absolute Gasteiger partial charge is 0.381 e. The number of rotatable bonds is 3. The molecule has 0 aromatic carbocycles. The zero-order valence-corrected chi connectivity index (χ0v) is 9.49. The number of hydrogen-bond acceptors (Lipinski definition) is 3. The number of hydrogen-bond donors (Lipinski definition) is 1. The van der Waals surface area contributed by atoms with Gasteiger partial charge in [0.05, 0.1) is 5.69 Å². The van der Waals surface area contributed by atoms with E-state index in [4.69, 9.17) is 4.74 Å². The Labute approximate surface area is 90.6 Å². The molecule has 1 aliphatic heterocycles. The summed E-state index contributed by atoms with van der Waals surface area (Å²) in [5, 5.41) is 7.92. The first-order chi connectivity index (χ1) is 7.18. The molecule has 1 saturated heterocycles. The Balaban J connectivity index is 1.86. The highest BCUT2D eigenvalue weighted by Gasteiger charge is 2.26. The second-order valence-electron chi connectivity index (χ2n) is 4.51. The van der Waals surface area contributed by atoms with Gasteiger partial charge in [-0.3, -0.25) is 4.68 Å². The highest BCUT2D eigenvalue weighted by molar-refractivity contribution is 4.99. The second kappa shape index (κ2) is 4.33. The van der Waals surface area contributed by atoms with Crippen LogP contribution in [0, 0.1) is 0 Å². The van der Waals surface area contributed by atoms with Crippen LogP contribution in [0.4, 0.5) is 0 Å². The maximum Gasteiger partial charge on any atom is 0.0762 e. The van der Waals surface area contributed by atoms with Gasteiger partial charge in [0.2, 0.25) is 0 Å². The van der Waals surface area contributed by atoms with E-state index in [9.17, 15) is 0 Å². The first kappa shape index (κ1) is 10.6. The smallest absolute Gasteiger partial charge is 0.0762 e. The van der Waals surface area contributed by atoms with E-state index < -0.39 is 0 Å². The summed E-state index contributed by atoms with van der Waals surface area (Å²) in [6.45, 7) is 4.84. The van der Waals surface area contributed by atoms with Crippen LogP contribution in [0.5, 0.6) is 0 Å². The Morgan fingerprint density at radius 3 is 2.87 bits per heavy atom. The van der Waals surface area contributed by atoms with Crippen molar-refractivity contribution in [3.63, 3.8) is 0 Å². The lowest BCUT2D eigenvalue weighted by molar-refractivity contribution is 0.0445. The molecular weight excluding hydrogens is 190 g/mol. The van der Waals surface area contributed by atoms with Crippen LogP contribution >= 0.6 is 0 Å². The van der Waals surface area contributed by atoms with Crippen molar-refractivity contribution in [3.8, 4) is 0 Å². The summed E-state index contributed by atoms with van der Waals surface area (Å²) < 4.78 is 7.20. The molecule has 0 amide bonds. The van der Waals surface area contributed by atoms with Crippen molar-refractivity contribution in [2.75, 3.05) is 13.2 Å². The summed E-state index contributed by atoms with van der Waals surface area (Å²) in [5.41, 5.74) is 1.32. The fourth-order valence-corrected chi connectivity index (χ4v) is 1.86. The van der Waals surface area contributed by atoms with Gasteiger partial charge in [0.15, 0.2) is 0 Å². The van der Waals surface area contributed by atoms with Crippen molar-refractivity contribution >= 4 is 0 Å². The molecule has 4 nitrogen and oxygen atoms in total. The van der Waals surface area contributed by atoms with Crippen LogP contribution in [0.1, 0.15) is 25.5 Å². The van der Waals surface area contributed by atoms with Crippen molar-refractivity contribution < 1.29 is 4.74 Å². The van der Waals surface area contributed by atoms with E-state index in [-0.39, 0.29) is 5.54 Å². The van der Waals surface area contributed by atoms with Crippen molar-refractivity contribution in [1.82, 2.24) is 15.1 Å². The Morgan fingerprint density at radius 1 is 1.53 bits per heavy atom. The minimum atomic E-state index is 0.218. The maximum atomic E-state index is 5.36. The number of ether oxygens (including phenoxy) is 1. The Bertz CT molecular complexity index is 315. The predicted molar refractivity (Wildman–Crippen MR) is 58.5 cm³/mol. The molecule has 0 aliphatic carbocycles. The number of aromatic nitrogens is 2. The lowest BCUT2D eigenvalue weighted by Crippen LogP contribution is -2.46. The molecule has 4 heteroatoms. The van der Waals surface area contributed by atoms with E-state index in [1.165, 1.54) is 0 Å². The molecule has 0 radical (unpaired) electrons. The molecule has 15 heavy (non-hydrogen) atoms. The second-order valence-corrected chi connectivity index (χ2v) is 4.51. The van der Waals surface area contributed by atoms with Gasteiger partial charge in [-0.25, -0.2) is 0 Å². The summed E-state index contributed by atoms with van der Waals surface area (Å²) in [4.78, 5) is 0. The minimum absolute atomic E-state index is 0.218. The van der Waals surface area contributed by atoms with E-state index in [0.717, 1.165) is 38.3 Å². The summed E-state index contributed by atoms with van der Waals surface area (Å²) in [6, 6.07) is 2.05. The molecule has 1 fully saturated rings. The number of nitrogens with one attached hydrogen (secondary N) is 1. The highest BCUT2D eigenvalue weighted by Crippen LogP contribution is 2.19. The van der Waals surface area contributed by atoms with Crippen molar-refractivity contribution in [2.45, 2.75) is 31.8 Å². The van der Waals surface area contributed by atoms with Crippen molar-refractivity contribution in [3.05, 3.63) is 18.0 Å². The van der Waals surface area contributed by atoms with Crippen LogP contribution in [-0.2, 0) is 18.3 Å². The normalized spacial score (nSPS) is 20.4. The average molecular weight is 209 g/mol. The summed E-state index contributed by atoms with van der Waals surface area (Å²) in [5.74, 6) is 0. The molecule has 84 valence electrons. The zero-order valence-electron chi connectivity index (χ0n) is 9.49. The van der Waals surface area contributed by atoms with E-state index >= 15 is 0 Å². The van der Waals surface area contributed by atoms with E-state index in [1.54, 1.807) is 0 Å². The molecule has 1 aliphatic rings. The maximum absolute atomic E-state index is 5.36. The van der Waals surface area contributed by atoms with Gasteiger partial charge in [0.25, 0.3) is 0 Å². The van der Waals surface area contributed by atoms with Gasteiger partial charge in [0, 0.05) is 38.5 Å². The molecule has 2 rings (SSSR count). The predicted octanol–water partition coefficient (Wildman–Crippen LogP) is 1.08. The molecule has 0 saturated carbocycles. The van der Waals surface area contributed by atoms with Crippen LogP contribution in [0.3, 0.4) is 0 Å². The van der Waals surface area contributed by atoms with Gasteiger partial charge in [-0.2, -0.15) is 5.10 Å². The molecular formula is C11H19N3O. The van der Waals surface area contributed by atoms with E-state index in [0.29, 0.717) is 0 Å². The average Bonchev–Trinajstić information content (AvgIpc) is 2.63. The van der Waals surface area contributed by atoms with Gasteiger partial charge in [-0.1, -0.05) is 0 Å². The van der Waals surface area contributed by atoms with Gasteiger partial charge in [-0.05, 0) is 25.8 Å². The zero-order chi connectivity index (χ0) is 10.7. The molecule has 2 heterocycles. The van der Waals surface area contributed by atoms with Gasteiger partial charge >= 0.3 is 0 Å². The molecule has 1 aromatic heterocycles. The summed E-state index contributed by atoms with van der Waals surface area (Å²) in [7, 11) is 1.94. The molecule has 1 N–H and O–H groups in total. The minimum Gasteiger partial charge on any atom is -0.381 e. The number of aryl methyl sites for hydroxylation is 1. The molecule has 0 atom stereocenters. The lowest BCUT2D eigenvalue weighted by Gasteiger charge is -2.34. The fraction of sp³-hybridized carbons (Fsp3) is 0.727. The Kier molecular flexibility index (Phi) is 3.07. The third-order valence-corrected chi connectivity index (χ3v) is 3.06. The Hall–Kier alpha value is -0.870. The van der Waals surface area contributed by atoms with Crippen LogP contribution in [-0.4, -0.2) is 28.5 Å². The quantitative estimate of drug-likeness (QED) is 0.809. The van der Waals surface area contributed by atoms with Crippen LogP contribution in [0.2, 0.25) is 0 Å². The Morgan fingerprint density at radius 2 is 2.27 bits per heavy atom. The topological polar surface area (TPSA) is 39.1 Å². The van der Waals surface area contributed by atoms with Crippen LogP contribution < -0.4 is 5.32 Å². The third kappa shape index (κ3) is 2.79. The van der Waals surface area contributed by atoms with Gasteiger partial charge in [-0.15, -0.1) is 0 Å². The van der Waals surface area contributed by atoms with Crippen molar-refractivity contribution in [1.29, 1.82) is 0 Å². The SMILES string of the molecule is Cn1ccc(CNC2(C)CCOCC2)n1. The lowest BCUT2D eigenvalue weighted by atomic mass is 9.92. The first-order valence-corrected chi connectivity index (χ1v) is 5.49. The first-order valence-electron chi connectivity index (χ1n) is 5.49. The highest BCUT2D eigenvalue weighted by atomic mass is 16.5. The molecule has 1 aromatic rings. The number of nitrogens with zero attached hydrogens (tertiary/aromatic N) is 2. The van der Waals surface area contributed by atoms with Crippen LogP contribution in [0.15, 0.2) is 12.3 Å². The van der Waals surface area contributed by atoms with Gasteiger partial charge < -0.3 is 10.1 Å². The van der Waals surface area contributed by atoms with Gasteiger partial charge in [0.1, 0.15) is 0 Å². The summed E-state index contributed by atoms with van der Waals surface area (Å²) >= 11 is 0. The molecule has 0 unspecified atom stereocenters. The van der Waals surface area contributed by atoms with Crippen molar-refractivity contribution in [2.24, 2.45) is 7.05 Å². The third-order valence-electron chi connectivity index (χ3n) is 3.06. The van der Waals surface area contributed by atoms with E-state index in [1.807, 2.05) is 17.9 Å². The molecule has 0 spiro atoms. The standard InChI is InChI=1S/C11H19N3O/c1-11(4-7-15-8-5-11)12-9-10-3-6-14(2)13-10/h3,6,12H,4-5,7-9H2,1-2H3. The summed E-state index contributed by atoms with van der Waals surface area (Å²) in [6.07, 6.45) is 4.14. The molecule has 0 bridgehead atoms. The monoisotopic (exact) mass is 209 g/mol. The fourth-order valence-electron chi connectivity index (χ4n) is 1.86. The van der Waals surface area contributed by atoms with E-state index in [2.05, 4.69) is 23.4 Å². The van der Waals surface area contributed by atoms with Crippen LogP contribution in [0.25, 0.3) is 0 Å².